The van der Waals surface area contributed by atoms with E-state index in [2.05, 4.69) is 18.8 Å². The predicted molar refractivity (Wildman–Crippen MR) is 33.5 cm³/mol. The summed E-state index contributed by atoms with van der Waals surface area (Å²) in [5, 5.41) is 0. The van der Waals surface area contributed by atoms with Gasteiger partial charge in [-0.05, 0) is 13.0 Å². The first-order valence-corrected chi connectivity index (χ1v) is 2.26. The molecule has 0 unspecified atom stereocenters. The van der Waals surface area contributed by atoms with E-state index in [4.69, 9.17) is 0 Å². The quantitative estimate of drug-likeness (QED) is 0.395. The largest absolute Gasteiger partial charge is 0.289 e. The molecule has 0 aromatic heterocycles. The fraction of sp³-hybridized carbons (Fsp3) is 0.200. The van der Waals surface area contributed by atoms with E-state index in [9.17, 15) is 4.79 Å². The Balaban J connectivity index is 3.81. The average Bonchev–Trinajstić information content (AvgIpc) is 1.65. The van der Waals surface area contributed by atoms with Crippen LogP contribution in [0, 0.1) is 0 Å². The number of hydrogen-bond donors (Lipinski definition) is 0. The molecule has 0 fully saturated rings. The molecule has 0 aliphatic heterocycles. The summed E-state index contributed by atoms with van der Waals surface area (Å²) in [7, 11) is 0. The minimum Gasteiger partial charge on any atom is -0.289 e. The third-order valence-electron chi connectivity index (χ3n) is 0.532. The maximum atomic E-state index is 10.3. The van der Waals surface area contributed by atoms with E-state index in [1.165, 1.54) is 6.08 Å². The molecule has 0 aromatic carbocycles. The maximum absolute atomic E-state index is 10.3. The Bertz CT molecular complexity index is 115. The summed E-state index contributed by atoms with van der Waals surface area (Å²) in [4.78, 5) is 10.6. The second kappa shape index (κ2) is 2.64. The summed E-state index contributed by atoms with van der Waals surface area (Å²) in [6.45, 7) is 4.83. The van der Waals surface area contributed by atoms with Crippen molar-refractivity contribution in [1.29, 1.82) is 0 Å². The molecule has 2 heteroatoms. The molecule has 0 rings (SSSR count). The Morgan fingerprint density at radius 3 is 2.29 bits per heavy atom. The van der Waals surface area contributed by atoms with E-state index in [1.807, 2.05) is 0 Å². The van der Waals surface area contributed by atoms with Gasteiger partial charge in [0.25, 0.3) is 0 Å². The Morgan fingerprint density at radius 2 is 2.29 bits per heavy atom. The van der Waals surface area contributed by atoms with Crippen LogP contribution in [-0.4, -0.2) is 10.6 Å². The van der Waals surface area contributed by atoms with Gasteiger partial charge in [0.2, 0.25) is 0 Å². The van der Waals surface area contributed by atoms with Crippen molar-refractivity contribution < 1.29 is 4.79 Å². The van der Waals surface area contributed by atoms with Gasteiger partial charge in [0, 0.05) is 0 Å². The van der Waals surface area contributed by atoms with Crippen LogP contribution in [0.25, 0.3) is 0 Å². The summed E-state index contributed by atoms with van der Waals surface area (Å²) in [6.07, 6.45) is 1.21. The number of carbonyl (C=O) groups excluding carboxylic acids is 1. The van der Waals surface area contributed by atoms with E-state index in [1.54, 1.807) is 6.92 Å². The topological polar surface area (TPSA) is 17.1 Å². The standard InChI is InChI=1S/C5H6OS/c1-3-5(6)4(2)7/h3H,1H2,2H3. The minimum atomic E-state index is -0.157. The lowest BCUT2D eigenvalue weighted by Crippen LogP contribution is -2.00. The fourth-order valence-corrected chi connectivity index (χ4v) is 0.227. The molecule has 0 saturated carbocycles. The van der Waals surface area contributed by atoms with Gasteiger partial charge in [-0.3, -0.25) is 4.79 Å². The Kier molecular flexibility index (Phi) is 2.45. The third kappa shape index (κ3) is 2.23. The number of thiocarbonyl (C=S) groups is 1. The second-order valence-electron chi connectivity index (χ2n) is 1.12. The van der Waals surface area contributed by atoms with E-state index < -0.39 is 0 Å². The highest BCUT2D eigenvalue weighted by Crippen LogP contribution is 1.77. The lowest BCUT2D eigenvalue weighted by atomic mass is 10.3. The van der Waals surface area contributed by atoms with Gasteiger partial charge in [0.1, 0.15) is 0 Å². The van der Waals surface area contributed by atoms with E-state index in [0.29, 0.717) is 4.86 Å². The molecule has 0 bridgehead atoms. The van der Waals surface area contributed by atoms with E-state index >= 15 is 0 Å². The van der Waals surface area contributed by atoms with E-state index in [0.717, 1.165) is 0 Å². The lowest BCUT2D eigenvalue weighted by molar-refractivity contribution is -0.108. The molecular weight excluding hydrogens is 108 g/mol. The molecule has 0 N–H and O–H groups in total. The van der Waals surface area contributed by atoms with Crippen molar-refractivity contribution in [2.24, 2.45) is 0 Å². The first-order valence-electron chi connectivity index (χ1n) is 1.86. The minimum absolute atomic E-state index is 0.157. The normalized spacial score (nSPS) is 7.57. The van der Waals surface area contributed by atoms with Gasteiger partial charge in [-0.25, -0.2) is 0 Å². The van der Waals surface area contributed by atoms with Gasteiger partial charge in [-0.2, -0.15) is 0 Å². The van der Waals surface area contributed by atoms with Crippen LogP contribution in [0.15, 0.2) is 12.7 Å². The molecule has 0 aromatic rings. The Morgan fingerprint density at radius 1 is 1.86 bits per heavy atom. The van der Waals surface area contributed by atoms with Crippen LogP contribution in [0.1, 0.15) is 6.92 Å². The lowest BCUT2D eigenvalue weighted by Gasteiger charge is -1.80. The van der Waals surface area contributed by atoms with Gasteiger partial charge in [-0.1, -0.05) is 18.8 Å². The summed E-state index contributed by atoms with van der Waals surface area (Å²) in [5.41, 5.74) is 0. The number of hydrogen-bond acceptors (Lipinski definition) is 2. The number of ketones is 1. The maximum Gasteiger partial charge on any atom is 0.191 e. The van der Waals surface area contributed by atoms with Crippen LogP contribution in [0.2, 0.25) is 0 Å². The highest BCUT2D eigenvalue weighted by Gasteiger charge is 1.92. The highest BCUT2D eigenvalue weighted by molar-refractivity contribution is 7.82. The first-order chi connectivity index (χ1) is 3.18. The molecule has 0 spiro atoms. The van der Waals surface area contributed by atoms with Gasteiger partial charge in [-0.15, -0.1) is 0 Å². The molecule has 1 nitrogen and oxygen atoms in total. The zero-order valence-corrected chi connectivity index (χ0v) is 4.92. The predicted octanol–water partition coefficient (Wildman–Crippen LogP) is 1.13. The molecular formula is C5H6OS. The number of allylic oxidation sites excluding steroid dienone is 1. The number of rotatable bonds is 2. The van der Waals surface area contributed by atoms with Crippen LogP contribution in [0.5, 0.6) is 0 Å². The summed E-state index contributed by atoms with van der Waals surface area (Å²) >= 11 is 4.50. The van der Waals surface area contributed by atoms with Crippen molar-refractivity contribution in [1.82, 2.24) is 0 Å². The summed E-state index contributed by atoms with van der Waals surface area (Å²) in [5.74, 6) is -0.157. The molecule has 0 saturated heterocycles. The van der Waals surface area contributed by atoms with Crippen LogP contribution < -0.4 is 0 Å². The van der Waals surface area contributed by atoms with Crippen LogP contribution in [-0.2, 0) is 4.79 Å². The second-order valence-corrected chi connectivity index (χ2v) is 1.74. The highest BCUT2D eigenvalue weighted by atomic mass is 32.1. The zero-order valence-electron chi connectivity index (χ0n) is 4.10. The van der Waals surface area contributed by atoms with Crippen molar-refractivity contribution in [3.63, 3.8) is 0 Å². The average molecular weight is 114 g/mol. The van der Waals surface area contributed by atoms with Crippen molar-refractivity contribution in [2.75, 3.05) is 0 Å². The first kappa shape index (κ1) is 6.50. The molecule has 0 radical (unpaired) electrons. The van der Waals surface area contributed by atoms with Crippen molar-refractivity contribution in [3.8, 4) is 0 Å². The van der Waals surface area contributed by atoms with Crippen molar-refractivity contribution in [2.45, 2.75) is 6.92 Å². The van der Waals surface area contributed by atoms with E-state index in [-0.39, 0.29) is 5.78 Å². The van der Waals surface area contributed by atoms with Crippen LogP contribution in [0.4, 0.5) is 0 Å². The molecule has 0 amide bonds. The smallest absolute Gasteiger partial charge is 0.191 e. The molecule has 38 valence electrons. The fourth-order valence-electron chi connectivity index (χ4n) is 0.144. The number of carbonyl (C=O) groups is 1. The Labute approximate surface area is 48.0 Å². The van der Waals surface area contributed by atoms with Crippen LogP contribution >= 0.6 is 12.2 Å². The van der Waals surface area contributed by atoms with Gasteiger partial charge >= 0.3 is 0 Å². The van der Waals surface area contributed by atoms with Gasteiger partial charge in [0.15, 0.2) is 5.78 Å². The molecule has 0 aliphatic rings. The summed E-state index contributed by atoms with van der Waals surface area (Å²) in [6, 6.07) is 0. The molecule has 0 aliphatic carbocycles. The Hall–Kier alpha value is -0.500. The van der Waals surface area contributed by atoms with Gasteiger partial charge < -0.3 is 0 Å². The summed E-state index contributed by atoms with van der Waals surface area (Å²) < 4.78 is 0. The molecule has 7 heavy (non-hydrogen) atoms. The molecule has 0 atom stereocenters. The SMILES string of the molecule is C=CC(=O)C(C)=S. The van der Waals surface area contributed by atoms with Gasteiger partial charge in [0.05, 0.1) is 4.86 Å². The molecule has 0 heterocycles. The van der Waals surface area contributed by atoms with Crippen LogP contribution in [0.3, 0.4) is 0 Å². The third-order valence-corrected chi connectivity index (χ3v) is 0.734. The zero-order chi connectivity index (χ0) is 5.86. The van der Waals surface area contributed by atoms with Crippen molar-refractivity contribution in [3.05, 3.63) is 12.7 Å². The van der Waals surface area contributed by atoms with Crippen molar-refractivity contribution >= 4 is 22.9 Å². The monoisotopic (exact) mass is 114 g/mol.